The number of methoxy groups -OCH3 is 1. The largest absolute Gasteiger partial charge is 0.507 e. The lowest BCUT2D eigenvalue weighted by Gasteiger charge is -2.50. The molecule has 0 unspecified atom stereocenters. The maximum absolute atomic E-state index is 14.9. The van der Waals surface area contributed by atoms with Crippen LogP contribution in [0, 0.1) is 36.5 Å². The van der Waals surface area contributed by atoms with E-state index in [4.69, 9.17) is 33.4 Å². The number of nitrogens with one attached hydrogen (secondary N) is 2. The van der Waals surface area contributed by atoms with E-state index >= 15 is 0 Å². The van der Waals surface area contributed by atoms with Crippen LogP contribution in [0.2, 0.25) is 0 Å². The number of carbonyl (C=O) groups excluding carboxylic acids is 4. The van der Waals surface area contributed by atoms with Gasteiger partial charge in [-0.3, -0.25) is 24.2 Å². The van der Waals surface area contributed by atoms with E-state index in [1.165, 1.54) is 20.3 Å². The molecule has 1 aromatic carbocycles. The zero-order chi connectivity index (χ0) is 47.5. The Morgan fingerprint density at radius 2 is 1.65 bits per heavy atom. The second-order valence-corrected chi connectivity index (χ2v) is 20.2. The van der Waals surface area contributed by atoms with Gasteiger partial charge in [-0.25, -0.2) is 0 Å². The molecule has 6 aliphatic heterocycles. The Morgan fingerprint density at radius 1 is 0.969 bits per heavy atom. The normalized spacial score (nSPS) is 34.2. The molecule has 16 heteroatoms. The average molecular weight is 966 g/mol. The summed E-state index contributed by atoms with van der Waals surface area (Å²) in [5.74, 6) is -6.22. The lowest BCUT2D eigenvalue weighted by Crippen LogP contribution is -2.56. The molecule has 15 nitrogen and oxygen atoms in total. The molecule has 1 aliphatic carbocycles. The van der Waals surface area contributed by atoms with Crippen LogP contribution < -0.4 is 15.4 Å². The number of amides is 1. The second kappa shape index (κ2) is 18.4. The van der Waals surface area contributed by atoms with Crippen LogP contribution in [0.1, 0.15) is 114 Å². The van der Waals surface area contributed by atoms with E-state index < -0.39 is 70.7 Å². The number of nitrogens with zero attached hydrogens (tertiary/aromatic N) is 2. The average Bonchev–Trinajstić information content (AvgIpc) is 3.75. The predicted molar refractivity (Wildman–Crippen MR) is 247 cm³/mol. The van der Waals surface area contributed by atoms with Crippen molar-refractivity contribution >= 4 is 45.1 Å². The van der Waals surface area contributed by atoms with Crippen molar-refractivity contribution < 1.29 is 52.7 Å². The molecule has 2 fully saturated rings. The summed E-state index contributed by atoms with van der Waals surface area (Å²) in [4.78, 5) is 64.4. The number of aromatic hydroxyl groups is 1. The Kier molecular flexibility index (Phi) is 13.7. The standard InChI is InChI=1S/C49H65BrN4O11/c1-24(2)23-54-19-17-49(18-20-54)52-36-33-34-39(56)28(6)44-35(33)45(58)48(11,65-44)61-21-16-31(60-12)27(5)42(62-32(55)22-50)30(8)43-29(7)41(63-47(9,10)64-43)25(3)14-13-15-26(4)46(59)51-38(40(34)57)37(36)53-49/h13-16,21,24-25,27,29-31,41-43,53,56H,17-20,22-23H2,1-12H3,(H,51,59)/b14-13+,21-16+,26-15-/t25-,27+,29+,30-,31-,41-,42+,43+,48-/m0/s1. The van der Waals surface area contributed by atoms with E-state index in [1.807, 2.05) is 47.6 Å². The Labute approximate surface area is 390 Å². The number of allylic oxidation sites excluding steroid dienone is 4. The maximum Gasteiger partial charge on any atom is 0.316 e. The number of halogens is 1. The van der Waals surface area contributed by atoms with Gasteiger partial charge in [-0.05, 0) is 39.7 Å². The topological polar surface area (TPSA) is 184 Å². The van der Waals surface area contributed by atoms with Crippen LogP contribution >= 0.6 is 15.9 Å². The number of hydrogen-bond acceptors (Lipinski definition) is 14. The molecule has 3 N–H and O–H groups in total. The summed E-state index contributed by atoms with van der Waals surface area (Å²) in [7, 11) is 1.54. The number of fused-ring (bicyclic) bond motifs is 9. The van der Waals surface area contributed by atoms with Crippen LogP contribution in [-0.4, -0.2) is 113 Å². The van der Waals surface area contributed by atoms with Crippen molar-refractivity contribution in [2.75, 3.05) is 32.1 Å². The summed E-state index contributed by atoms with van der Waals surface area (Å²) in [6, 6.07) is 0. The minimum Gasteiger partial charge on any atom is -0.507 e. The second-order valence-electron chi connectivity index (χ2n) is 19.6. The molecule has 9 atom stereocenters. The molecule has 8 rings (SSSR count). The van der Waals surface area contributed by atoms with Gasteiger partial charge in [0.1, 0.15) is 34.3 Å². The number of Topliss-reactive ketones (excluding diaryl/α,β-unsaturated/α-hetero) is 2. The highest BCUT2D eigenvalue weighted by Gasteiger charge is 2.55. The number of piperidine rings is 1. The van der Waals surface area contributed by atoms with E-state index in [2.05, 4.69) is 45.3 Å². The first kappa shape index (κ1) is 48.6. The third-order valence-corrected chi connectivity index (χ3v) is 14.3. The van der Waals surface area contributed by atoms with Crippen LogP contribution in [0.4, 0.5) is 0 Å². The lowest BCUT2D eigenvalue weighted by molar-refractivity contribution is -0.336. The van der Waals surface area contributed by atoms with Crippen LogP contribution in [-0.2, 0) is 33.3 Å². The molecule has 354 valence electrons. The highest BCUT2D eigenvalue weighted by Crippen LogP contribution is 2.50. The fourth-order valence-corrected chi connectivity index (χ4v) is 10.5. The molecule has 0 radical (unpaired) electrons. The van der Waals surface area contributed by atoms with Gasteiger partial charge in [0, 0.05) is 86.9 Å². The van der Waals surface area contributed by atoms with Gasteiger partial charge < -0.3 is 49.1 Å². The van der Waals surface area contributed by atoms with Crippen molar-refractivity contribution in [3.05, 3.63) is 69.8 Å². The van der Waals surface area contributed by atoms with Crippen molar-refractivity contribution in [2.24, 2.45) is 34.6 Å². The van der Waals surface area contributed by atoms with Gasteiger partial charge >= 0.3 is 11.8 Å². The van der Waals surface area contributed by atoms with Crippen molar-refractivity contribution in [1.29, 1.82) is 0 Å². The minimum absolute atomic E-state index is 0.0216. The maximum atomic E-state index is 14.9. The predicted octanol–water partition coefficient (Wildman–Crippen LogP) is 6.79. The fourth-order valence-electron chi connectivity index (χ4n) is 10.4. The van der Waals surface area contributed by atoms with Gasteiger partial charge in [0.2, 0.25) is 5.78 Å². The highest BCUT2D eigenvalue weighted by atomic mass is 79.9. The summed E-state index contributed by atoms with van der Waals surface area (Å²) in [6.07, 6.45) is 7.43. The Balaban J connectivity index is 1.36. The van der Waals surface area contributed by atoms with E-state index in [9.17, 15) is 24.3 Å². The first-order valence-electron chi connectivity index (χ1n) is 22.7. The molecule has 7 aliphatic rings. The summed E-state index contributed by atoms with van der Waals surface area (Å²) in [5.41, 5.74) is 0.104. The molecule has 65 heavy (non-hydrogen) atoms. The summed E-state index contributed by atoms with van der Waals surface area (Å²) in [6.45, 7) is 23.1. The van der Waals surface area contributed by atoms with Gasteiger partial charge in [-0.15, -0.1) is 0 Å². The van der Waals surface area contributed by atoms with Gasteiger partial charge in [0.25, 0.3) is 11.7 Å². The quantitative estimate of drug-likeness (QED) is 0.207. The number of esters is 1. The molecule has 2 saturated heterocycles. The number of alkyl halides is 1. The lowest BCUT2D eigenvalue weighted by atomic mass is 9.77. The smallest absolute Gasteiger partial charge is 0.316 e. The van der Waals surface area contributed by atoms with Crippen LogP contribution in [0.5, 0.6) is 11.5 Å². The van der Waals surface area contributed by atoms with E-state index in [0.717, 1.165) is 19.6 Å². The van der Waals surface area contributed by atoms with Crippen LogP contribution in [0.25, 0.3) is 0 Å². The minimum atomic E-state index is -1.94. The number of phenolic OH excluding ortho intramolecular Hbond substituents is 1. The number of rotatable bonds is 5. The molecule has 7 bridgehead atoms. The first-order valence-corrected chi connectivity index (χ1v) is 23.9. The number of ether oxygens (including phenoxy) is 6. The zero-order valence-corrected chi connectivity index (χ0v) is 41.2. The summed E-state index contributed by atoms with van der Waals surface area (Å²) in [5, 5.41) is 18.3. The number of phenols is 1. The summed E-state index contributed by atoms with van der Waals surface area (Å²) >= 11 is 3.25. The van der Waals surface area contributed by atoms with E-state index in [1.54, 1.807) is 32.1 Å². The van der Waals surface area contributed by atoms with Crippen LogP contribution in [0.15, 0.2) is 52.5 Å². The van der Waals surface area contributed by atoms with Crippen molar-refractivity contribution in [3.8, 4) is 11.5 Å². The zero-order valence-electron chi connectivity index (χ0n) is 39.6. The number of aliphatic imine (C=N–C) groups is 1. The highest BCUT2D eigenvalue weighted by molar-refractivity contribution is 9.09. The Hall–Kier alpha value is -4.35. The van der Waals surface area contributed by atoms with Gasteiger partial charge in [0.05, 0.1) is 47.1 Å². The first-order chi connectivity index (χ1) is 30.6. The molecule has 1 aromatic rings. The Bertz CT molecular complexity index is 2270. The molecule has 0 saturated carbocycles. The molecule has 1 spiro atoms. The van der Waals surface area contributed by atoms with E-state index in [0.29, 0.717) is 24.3 Å². The third kappa shape index (κ3) is 9.09. The van der Waals surface area contributed by atoms with Gasteiger partial charge in [-0.2, -0.15) is 0 Å². The Morgan fingerprint density at radius 3 is 2.29 bits per heavy atom. The van der Waals surface area contributed by atoms with Gasteiger partial charge in [0.15, 0.2) is 5.79 Å². The number of ketones is 2. The number of likely N-dealkylation sites (tertiary alicyclic amines) is 1. The van der Waals surface area contributed by atoms with Crippen molar-refractivity contribution in [2.45, 2.75) is 131 Å². The third-order valence-electron chi connectivity index (χ3n) is 13.8. The van der Waals surface area contributed by atoms with Crippen molar-refractivity contribution in [1.82, 2.24) is 15.5 Å². The molecule has 6 heterocycles. The number of carbonyl (C=O) groups is 4. The molecular weight excluding hydrogens is 900 g/mol. The van der Waals surface area contributed by atoms with Gasteiger partial charge in [-0.1, -0.05) is 75.7 Å². The molecule has 0 aromatic heterocycles. The monoisotopic (exact) mass is 964 g/mol. The van der Waals surface area contributed by atoms with E-state index in [-0.39, 0.29) is 74.3 Å². The number of benzene rings is 1. The van der Waals surface area contributed by atoms with Crippen LogP contribution in [0.3, 0.4) is 0 Å². The summed E-state index contributed by atoms with van der Waals surface area (Å²) < 4.78 is 37.9. The molecule has 1 amide bonds. The molecular formula is C49H65BrN4O11. The van der Waals surface area contributed by atoms with Crippen molar-refractivity contribution in [3.63, 3.8) is 0 Å². The number of hydrogen-bond donors (Lipinski definition) is 3. The SMILES string of the molecule is CO[C@H]1/C=C/O[C@@]2(C)Oc3c(C)c(O)c4c(c3C2=O)C2=NC3(CCN(CC(C)C)CC3)NC2=C(NC(=O)/C(C)=C\C=C\[C@H](C)[C@@H]2OC(C)(C)O[C@@H]([C@@H](C)[C@H](OC(=O)CBr)[C@@H]1C)[C@@H]2C)C4=O. The fraction of sp³-hybridized carbons (Fsp3) is 0.612.